The summed E-state index contributed by atoms with van der Waals surface area (Å²) >= 11 is 7.90. The van der Waals surface area contributed by atoms with Crippen LogP contribution in [0.1, 0.15) is 66.3 Å². The second-order valence-electron chi connectivity index (χ2n) is 11.2. The molecule has 2 N–H and O–H groups in total. The summed E-state index contributed by atoms with van der Waals surface area (Å²) in [5, 5.41) is 22.3. The lowest BCUT2D eigenvalue weighted by atomic mass is 9.90. The number of pyridine rings is 1. The monoisotopic (exact) mass is 571 g/mol. The van der Waals surface area contributed by atoms with Crippen molar-refractivity contribution in [1.82, 2.24) is 4.98 Å². The number of aromatic nitrogens is 1. The number of carboxylic acids is 1. The fraction of sp³-hybridized carbons (Fsp3) is 0.294. The highest BCUT2D eigenvalue weighted by molar-refractivity contribution is 7.99. The van der Waals surface area contributed by atoms with Gasteiger partial charge in [-0.05, 0) is 86.1 Å². The molecule has 1 aliphatic carbocycles. The Balaban J connectivity index is 1.38. The first-order valence-electron chi connectivity index (χ1n) is 13.6. The Bertz CT molecular complexity index is 1550. The van der Waals surface area contributed by atoms with Crippen LogP contribution in [0.25, 0.3) is 23.1 Å². The van der Waals surface area contributed by atoms with E-state index in [-0.39, 0.29) is 5.25 Å². The molecule has 0 spiro atoms. The SMILES string of the molecule is CC(C)(O)c1ccccc1CC[C@@H](SCC1(C(=O)O)CC1)c1cccc(/C=C/c2ccc3ccc(Cl)cc3n2)c1. The van der Waals surface area contributed by atoms with E-state index in [9.17, 15) is 15.0 Å². The molecule has 1 aromatic heterocycles. The number of aliphatic carboxylic acids is 1. The maximum atomic E-state index is 11.9. The second kappa shape index (κ2) is 11.8. The number of halogens is 1. The van der Waals surface area contributed by atoms with Crippen LogP contribution in [0.2, 0.25) is 5.02 Å². The molecule has 1 saturated carbocycles. The lowest BCUT2D eigenvalue weighted by Gasteiger charge is -2.24. The molecule has 0 bridgehead atoms. The number of aliphatic hydroxyl groups is 1. The standard InChI is InChI=1S/C34H34ClNO3S/c1-33(2,39)29-9-4-3-7-24(29)13-17-31(40-22-34(18-19-34)32(37)38)26-8-5-6-23(20-26)10-15-28-16-12-25-11-14-27(35)21-30(25)36-28/h3-12,14-16,20-21,31,39H,13,17-19,22H2,1-2H3,(H,37,38)/b15-10+/t31-/m1/s1. The molecule has 3 aromatic carbocycles. The van der Waals surface area contributed by atoms with Gasteiger partial charge in [-0.2, -0.15) is 11.8 Å². The van der Waals surface area contributed by atoms with Gasteiger partial charge >= 0.3 is 5.97 Å². The molecule has 4 aromatic rings. The molecule has 1 atom stereocenters. The van der Waals surface area contributed by atoms with Crippen LogP contribution in [0.3, 0.4) is 0 Å². The van der Waals surface area contributed by atoms with Gasteiger partial charge in [0, 0.05) is 21.4 Å². The molecule has 206 valence electrons. The number of carboxylic acid groups (broad SMARTS) is 1. The first-order valence-corrected chi connectivity index (χ1v) is 15.1. The van der Waals surface area contributed by atoms with E-state index < -0.39 is 17.0 Å². The van der Waals surface area contributed by atoms with E-state index in [4.69, 9.17) is 16.6 Å². The Morgan fingerprint density at radius 1 is 1.05 bits per heavy atom. The van der Waals surface area contributed by atoms with Crippen molar-refractivity contribution in [2.75, 3.05) is 5.75 Å². The highest BCUT2D eigenvalue weighted by Gasteiger charge is 2.50. The number of hydrogen-bond acceptors (Lipinski definition) is 4. The molecular weight excluding hydrogens is 538 g/mol. The van der Waals surface area contributed by atoms with E-state index in [1.54, 1.807) is 11.8 Å². The van der Waals surface area contributed by atoms with Gasteiger partial charge in [0.1, 0.15) is 0 Å². The zero-order valence-electron chi connectivity index (χ0n) is 22.8. The van der Waals surface area contributed by atoms with Gasteiger partial charge in [-0.1, -0.05) is 78.3 Å². The van der Waals surface area contributed by atoms with E-state index in [2.05, 4.69) is 36.4 Å². The van der Waals surface area contributed by atoms with Gasteiger partial charge < -0.3 is 10.2 Å². The molecule has 0 saturated heterocycles. The van der Waals surface area contributed by atoms with Gasteiger partial charge in [0.15, 0.2) is 0 Å². The predicted molar refractivity (Wildman–Crippen MR) is 167 cm³/mol. The van der Waals surface area contributed by atoms with Crippen molar-refractivity contribution in [3.05, 3.63) is 112 Å². The van der Waals surface area contributed by atoms with E-state index in [1.807, 2.05) is 68.5 Å². The van der Waals surface area contributed by atoms with Crippen LogP contribution < -0.4 is 0 Å². The minimum Gasteiger partial charge on any atom is -0.481 e. The van der Waals surface area contributed by atoms with Crippen molar-refractivity contribution in [2.45, 2.75) is 50.4 Å². The molecule has 6 heteroatoms. The molecular formula is C34H34ClNO3S. The number of hydrogen-bond donors (Lipinski definition) is 2. The highest BCUT2D eigenvalue weighted by Crippen LogP contribution is 2.51. The van der Waals surface area contributed by atoms with Crippen molar-refractivity contribution in [3.63, 3.8) is 0 Å². The Morgan fingerprint density at radius 3 is 2.58 bits per heavy atom. The normalized spacial score (nSPS) is 15.4. The lowest BCUT2D eigenvalue weighted by molar-refractivity contribution is -0.142. The molecule has 4 nitrogen and oxygen atoms in total. The first-order chi connectivity index (χ1) is 19.1. The van der Waals surface area contributed by atoms with Crippen LogP contribution >= 0.6 is 23.4 Å². The minimum absolute atomic E-state index is 0.126. The zero-order chi connectivity index (χ0) is 28.3. The van der Waals surface area contributed by atoms with E-state index in [0.717, 1.165) is 59.0 Å². The molecule has 40 heavy (non-hydrogen) atoms. The number of rotatable bonds is 11. The fourth-order valence-electron chi connectivity index (χ4n) is 5.04. The van der Waals surface area contributed by atoms with Crippen molar-refractivity contribution >= 4 is 52.4 Å². The first kappa shape index (κ1) is 28.4. The van der Waals surface area contributed by atoms with Gasteiger partial charge in [-0.15, -0.1) is 0 Å². The third-order valence-corrected chi connectivity index (χ3v) is 9.49. The van der Waals surface area contributed by atoms with Crippen molar-refractivity contribution < 1.29 is 15.0 Å². The lowest BCUT2D eigenvalue weighted by Crippen LogP contribution is -2.19. The average Bonchev–Trinajstić information content (AvgIpc) is 3.73. The van der Waals surface area contributed by atoms with Crippen LogP contribution in [-0.4, -0.2) is 26.9 Å². The van der Waals surface area contributed by atoms with Crippen molar-refractivity contribution in [1.29, 1.82) is 0 Å². The number of benzene rings is 3. The van der Waals surface area contributed by atoms with Gasteiger partial charge in [0.2, 0.25) is 0 Å². The van der Waals surface area contributed by atoms with Gasteiger partial charge in [-0.25, -0.2) is 4.98 Å². The topological polar surface area (TPSA) is 70.4 Å². The number of thioether (sulfide) groups is 1. The number of fused-ring (bicyclic) bond motifs is 1. The number of carbonyl (C=O) groups is 1. The Labute approximate surface area is 245 Å². The summed E-state index contributed by atoms with van der Waals surface area (Å²) in [5.41, 5.74) is 4.50. The second-order valence-corrected chi connectivity index (χ2v) is 12.8. The van der Waals surface area contributed by atoms with Crippen LogP contribution in [0.15, 0.2) is 78.9 Å². The van der Waals surface area contributed by atoms with Crippen LogP contribution in [0, 0.1) is 5.41 Å². The maximum absolute atomic E-state index is 11.9. The van der Waals surface area contributed by atoms with Crippen molar-refractivity contribution in [2.24, 2.45) is 5.41 Å². The van der Waals surface area contributed by atoms with Gasteiger partial charge in [0.05, 0.1) is 22.2 Å². The number of aryl methyl sites for hydroxylation is 1. The predicted octanol–water partition coefficient (Wildman–Crippen LogP) is 8.56. The molecule has 0 aliphatic heterocycles. The average molecular weight is 572 g/mol. The molecule has 0 amide bonds. The summed E-state index contributed by atoms with van der Waals surface area (Å²) in [7, 11) is 0. The Morgan fingerprint density at radius 2 is 1.82 bits per heavy atom. The Hall–Kier alpha value is -3.12. The number of nitrogens with zero attached hydrogens (tertiary/aromatic N) is 1. The van der Waals surface area contributed by atoms with Crippen LogP contribution in [0.5, 0.6) is 0 Å². The maximum Gasteiger partial charge on any atom is 0.310 e. The zero-order valence-corrected chi connectivity index (χ0v) is 24.4. The third-order valence-electron chi connectivity index (χ3n) is 7.63. The fourth-order valence-corrected chi connectivity index (χ4v) is 6.76. The summed E-state index contributed by atoms with van der Waals surface area (Å²) in [4.78, 5) is 16.6. The largest absolute Gasteiger partial charge is 0.481 e. The minimum atomic E-state index is -0.923. The summed E-state index contributed by atoms with van der Waals surface area (Å²) in [5.74, 6) is -0.0870. The highest BCUT2D eigenvalue weighted by atomic mass is 35.5. The van der Waals surface area contributed by atoms with Crippen molar-refractivity contribution in [3.8, 4) is 0 Å². The van der Waals surface area contributed by atoms with E-state index >= 15 is 0 Å². The van der Waals surface area contributed by atoms with Gasteiger partial charge in [0.25, 0.3) is 0 Å². The van der Waals surface area contributed by atoms with E-state index in [1.165, 1.54) is 5.56 Å². The summed E-state index contributed by atoms with van der Waals surface area (Å²) in [6, 6.07) is 26.2. The molecule has 5 rings (SSSR count). The van der Waals surface area contributed by atoms with Crippen LogP contribution in [0.4, 0.5) is 0 Å². The molecule has 0 radical (unpaired) electrons. The summed E-state index contributed by atoms with van der Waals surface area (Å²) < 4.78 is 0. The third kappa shape index (κ3) is 6.77. The summed E-state index contributed by atoms with van der Waals surface area (Å²) in [6.45, 7) is 3.63. The van der Waals surface area contributed by atoms with Crippen LogP contribution in [-0.2, 0) is 16.8 Å². The van der Waals surface area contributed by atoms with E-state index in [0.29, 0.717) is 10.8 Å². The molecule has 1 heterocycles. The quantitative estimate of drug-likeness (QED) is 0.189. The Kier molecular flexibility index (Phi) is 8.37. The smallest absolute Gasteiger partial charge is 0.310 e. The molecule has 1 aliphatic rings. The molecule has 1 fully saturated rings. The van der Waals surface area contributed by atoms with Gasteiger partial charge in [-0.3, -0.25) is 4.79 Å². The summed E-state index contributed by atoms with van der Waals surface area (Å²) in [6.07, 6.45) is 7.19. The molecule has 0 unspecified atom stereocenters.